The Kier molecular flexibility index (Phi) is 2.17. The van der Waals surface area contributed by atoms with Gasteiger partial charge in [0.15, 0.2) is 0 Å². The Morgan fingerprint density at radius 3 is 2.62 bits per heavy atom. The summed E-state index contributed by atoms with van der Waals surface area (Å²) in [5.74, 6) is 1.71. The molecule has 0 aromatic heterocycles. The van der Waals surface area contributed by atoms with Crippen LogP contribution >= 0.6 is 0 Å². The van der Waals surface area contributed by atoms with Gasteiger partial charge in [0.1, 0.15) is 0 Å². The number of hydrogen-bond donors (Lipinski definition) is 0. The average molecular weight is 219 g/mol. The third kappa shape index (κ3) is 1.28. The number of carbonyl (C=O) groups is 1. The highest BCUT2D eigenvalue weighted by atomic mass is 16.2. The molecular formula is C14H21NO. The Hall–Kier alpha value is -0.790. The molecule has 0 unspecified atom stereocenters. The van der Waals surface area contributed by atoms with E-state index in [1.54, 1.807) is 0 Å². The summed E-state index contributed by atoms with van der Waals surface area (Å²) < 4.78 is 0. The molecule has 0 N–H and O–H groups in total. The maximum atomic E-state index is 12.4. The molecule has 88 valence electrons. The molecule has 2 bridgehead atoms. The van der Waals surface area contributed by atoms with E-state index in [4.69, 9.17) is 0 Å². The maximum Gasteiger partial charge on any atom is 0.249 e. The summed E-state index contributed by atoms with van der Waals surface area (Å²) in [4.78, 5) is 14.4. The molecule has 1 saturated heterocycles. The lowest BCUT2D eigenvalue weighted by atomic mass is 9.49. The number of amides is 1. The van der Waals surface area contributed by atoms with Gasteiger partial charge in [0.05, 0.1) is 0 Å². The van der Waals surface area contributed by atoms with E-state index >= 15 is 0 Å². The molecule has 0 aromatic carbocycles. The van der Waals surface area contributed by atoms with Gasteiger partial charge in [0.2, 0.25) is 5.91 Å². The fourth-order valence-electron chi connectivity index (χ4n) is 3.69. The molecule has 4 rings (SSSR count). The highest BCUT2D eigenvalue weighted by molar-refractivity contribution is 5.94. The largest absolute Gasteiger partial charge is 0.339 e. The van der Waals surface area contributed by atoms with Crippen molar-refractivity contribution in [3.05, 3.63) is 11.6 Å². The zero-order chi connectivity index (χ0) is 11.3. The molecule has 2 fully saturated rings. The van der Waals surface area contributed by atoms with Crippen LogP contribution in [-0.4, -0.2) is 23.9 Å². The van der Waals surface area contributed by atoms with Gasteiger partial charge in [-0.25, -0.2) is 0 Å². The van der Waals surface area contributed by atoms with Crippen LogP contribution in [0.2, 0.25) is 0 Å². The number of carbonyl (C=O) groups excluding carboxylic acids is 1. The van der Waals surface area contributed by atoms with Gasteiger partial charge in [-0.2, -0.15) is 0 Å². The highest BCUT2D eigenvalue weighted by Gasteiger charge is 2.53. The van der Waals surface area contributed by atoms with Gasteiger partial charge in [-0.05, 0) is 42.9 Å². The fraction of sp³-hybridized carbons (Fsp3) is 0.786. The minimum Gasteiger partial charge on any atom is -0.339 e. The fourth-order valence-corrected chi connectivity index (χ4v) is 3.69. The summed E-state index contributed by atoms with van der Waals surface area (Å²) in [7, 11) is 0. The predicted molar refractivity (Wildman–Crippen MR) is 63.9 cm³/mol. The second kappa shape index (κ2) is 3.35. The smallest absolute Gasteiger partial charge is 0.249 e. The lowest BCUT2D eigenvalue weighted by Gasteiger charge is -2.56. The number of allylic oxidation sites excluding steroid dienone is 1. The molecule has 1 aliphatic heterocycles. The Labute approximate surface area is 97.7 Å². The van der Waals surface area contributed by atoms with E-state index in [-0.39, 0.29) is 0 Å². The van der Waals surface area contributed by atoms with Crippen molar-refractivity contribution in [1.29, 1.82) is 0 Å². The lowest BCUT2D eigenvalue weighted by molar-refractivity contribution is -0.129. The standard InChI is InChI=1S/C14H21NO/c1-14(2)10-5-6-11(12(14)9-10)13(16)15-7-3-4-8-15/h6,10,12H,3-5,7-9H2,1-2H3/t10-,12-/m0/s1. The highest BCUT2D eigenvalue weighted by Crippen LogP contribution is 2.59. The molecule has 1 heterocycles. The summed E-state index contributed by atoms with van der Waals surface area (Å²) in [5.41, 5.74) is 1.51. The molecule has 0 radical (unpaired) electrons. The van der Waals surface area contributed by atoms with Crippen LogP contribution < -0.4 is 0 Å². The molecule has 4 aliphatic rings. The average Bonchev–Trinajstić information content (AvgIpc) is 2.81. The SMILES string of the molecule is CC1(C)[C@H]2CC=C(C(=O)N3CCCC3)[C@@H]1C2. The molecule has 2 atom stereocenters. The minimum atomic E-state index is 0.341. The van der Waals surface area contributed by atoms with Gasteiger partial charge in [-0.3, -0.25) is 4.79 Å². The van der Waals surface area contributed by atoms with Crippen molar-refractivity contribution in [3.63, 3.8) is 0 Å². The monoisotopic (exact) mass is 219 g/mol. The second-order valence-corrected chi connectivity index (χ2v) is 6.20. The van der Waals surface area contributed by atoms with Crippen LogP contribution in [0.3, 0.4) is 0 Å². The van der Waals surface area contributed by atoms with E-state index in [9.17, 15) is 4.79 Å². The summed E-state index contributed by atoms with van der Waals surface area (Å²) >= 11 is 0. The lowest BCUT2D eigenvalue weighted by Crippen LogP contribution is -2.51. The Morgan fingerprint density at radius 2 is 2.06 bits per heavy atom. The van der Waals surface area contributed by atoms with Gasteiger partial charge in [-0.15, -0.1) is 0 Å². The van der Waals surface area contributed by atoms with Gasteiger partial charge in [-0.1, -0.05) is 19.9 Å². The molecule has 0 aromatic rings. The topological polar surface area (TPSA) is 20.3 Å². The van der Waals surface area contributed by atoms with E-state index < -0.39 is 0 Å². The van der Waals surface area contributed by atoms with E-state index in [2.05, 4.69) is 24.8 Å². The molecule has 0 spiro atoms. The van der Waals surface area contributed by atoms with Crippen molar-refractivity contribution in [3.8, 4) is 0 Å². The number of likely N-dealkylation sites (tertiary alicyclic amines) is 1. The zero-order valence-electron chi connectivity index (χ0n) is 10.3. The van der Waals surface area contributed by atoms with Crippen molar-refractivity contribution in [2.24, 2.45) is 17.3 Å². The first-order valence-corrected chi connectivity index (χ1v) is 6.60. The second-order valence-electron chi connectivity index (χ2n) is 6.20. The maximum absolute atomic E-state index is 12.4. The molecule has 2 nitrogen and oxygen atoms in total. The first kappa shape index (κ1) is 10.4. The van der Waals surface area contributed by atoms with Gasteiger partial charge >= 0.3 is 0 Å². The molecule has 1 amide bonds. The summed E-state index contributed by atoms with van der Waals surface area (Å²) in [6.07, 6.45) is 6.98. The van der Waals surface area contributed by atoms with Gasteiger partial charge in [0, 0.05) is 18.7 Å². The van der Waals surface area contributed by atoms with Crippen LogP contribution in [0.4, 0.5) is 0 Å². The quantitative estimate of drug-likeness (QED) is 0.664. The van der Waals surface area contributed by atoms with Gasteiger partial charge < -0.3 is 4.90 Å². The molecule has 2 heteroatoms. The van der Waals surface area contributed by atoms with Crippen LogP contribution in [0.1, 0.15) is 39.5 Å². The Bertz CT molecular complexity index is 350. The van der Waals surface area contributed by atoms with Crippen molar-refractivity contribution < 1.29 is 4.79 Å². The van der Waals surface area contributed by atoms with E-state index in [1.807, 2.05) is 0 Å². The van der Waals surface area contributed by atoms with Crippen LogP contribution in [-0.2, 0) is 4.79 Å². The third-order valence-corrected chi connectivity index (χ3v) is 5.11. The molecule has 16 heavy (non-hydrogen) atoms. The number of nitrogens with zero attached hydrogens (tertiary/aromatic N) is 1. The van der Waals surface area contributed by atoms with E-state index in [0.29, 0.717) is 17.2 Å². The molecular weight excluding hydrogens is 198 g/mol. The number of fused-ring (bicyclic) bond motifs is 1. The van der Waals surface area contributed by atoms with E-state index in [0.717, 1.165) is 31.0 Å². The third-order valence-electron chi connectivity index (χ3n) is 5.11. The first-order valence-electron chi connectivity index (χ1n) is 6.60. The van der Waals surface area contributed by atoms with Crippen LogP contribution in [0.5, 0.6) is 0 Å². The van der Waals surface area contributed by atoms with Crippen LogP contribution in [0, 0.1) is 17.3 Å². The van der Waals surface area contributed by atoms with Crippen molar-refractivity contribution in [2.45, 2.75) is 39.5 Å². The minimum absolute atomic E-state index is 0.341. The van der Waals surface area contributed by atoms with Gasteiger partial charge in [0.25, 0.3) is 0 Å². The van der Waals surface area contributed by atoms with Crippen molar-refractivity contribution in [1.82, 2.24) is 4.90 Å². The summed E-state index contributed by atoms with van der Waals surface area (Å²) in [6, 6.07) is 0. The Balaban J connectivity index is 1.80. The van der Waals surface area contributed by atoms with Crippen molar-refractivity contribution in [2.75, 3.05) is 13.1 Å². The predicted octanol–water partition coefficient (Wildman–Crippen LogP) is 2.60. The van der Waals surface area contributed by atoms with Crippen LogP contribution in [0.15, 0.2) is 11.6 Å². The number of hydrogen-bond acceptors (Lipinski definition) is 1. The van der Waals surface area contributed by atoms with Crippen molar-refractivity contribution >= 4 is 5.91 Å². The van der Waals surface area contributed by atoms with E-state index in [1.165, 1.54) is 19.3 Å². The summed E-state index contributed by atoms with van der Waals surface area (Å²) in [6.45, 7) is 6.62. The van der Waals surface area contributed by atoms with Crippen LogP contribution in [0.25, 0.3) is 0 Å². The molecule has 1 saturated carbocycles. The first-order chi connectivity index (χ1) is 7.60. The normalized spacial score (nSPS) is 35.6. The summed E-state index contributed by atoms with van der Waals surface area (Å²) in [5, 5.41) is 0. The Morgan fingerprint density at radius 1 is 1.38 bits per heavy atom. The number of rotatable bonds is 1. The zero-order valence-corrected chi connectivity index (χ0v) is 10.3. The molecule has 3 aliphatic carbocycles.